The fourth-order valence-corrected chi connectivity index (χ4v) is 3.30. The summed E-state index contributed by atoms with van der Waals surface area (Å²) >= 11 is 6.32. The number of amides is 1. The van der Waals surface area contributed by atoms with Crippen molar-refractivity contribution >= 4 is 17.5 Å². The maximum atomic E-state index is 11.5. The number of ether oxygens (including phenoxy) is 1. The molecule has 0 spiro atoms. The quantitative estimate of drug-likeness (QED) is 0.698. The molecule has 2 N–H and O–H groups in total. The van der Waals surface area contributed by atoms with E-state index in [0.29, 0.717) is 18.2 Å². The van der Waals surface area contributed by atoms with Crippen molar-refractivity contribution in [2.75, 3.05) is 13.2 Å². The van der Waals surface area contributed by atoms with Gasteiger partial charge in [-0.1, -0.05) is 43.9 Å². The van der Waals surface area contributed by atoms with Gasteiger partial charge in [0.25, 0.3) is 0 Å². The Bertz CT molecular complexity index is 522. The molecule has 1 aliphatic heterocycles. The molecule has 1 heterocycles. The highest BCUT2D eigenvalue weighted by Gasteiger charge is 2.28. The minimum absolute atomic E-state index is 0.150. The minimum Gasteiger partial charge on any atom is -0.492 e. The average Bonchev–Trinajstić information content (AvgIpc) is 2.97. The van der Waals surface area contributed by atoms with Crippen LogP contribution in [0.4, 0.5) is 0 Å². The largest absolute Gasteiger partial charge is 0.492 e. The van der Waals surface area contributed by atoms with Gasteiger partial charge in [0, 0.05) is 6.54 Å². The molecule has 1 unspecified atom stereocenters. The van der Waals surface area contributed by atoms with Gasteiger partial charge in [0.05, 0.1) is 17.7 Å². The number of nitrogens with two attached hydrogens (primary N) is 1. The number of unbranched alkanes of at least 4 members (excludes halogenated alkanes) is 3. The Morgan fingerprint density at radius 2 is 2.22 bits per heavy atom. The first-order valence-electron chi connectivity index (χ1n) is 8.56. The fourth-order valence-electron chi connectivity index (χ4n) is 3.04. The van der Waals surface area contributed by atoms with E-state index in [1.54, 1.807) is 0 Å². The Morgan fingerprint density at radius 1 is 1.39 bits per heavy atom. The van der Waals surface area contributed by atoms with Gasteiger partial charge in [-0.15, -0.1) is 0 Å². The monoisotopic (exact) mass is 338 g/mol. The van der Waals surface area contributed by atoms with E-state index in [2.05, 4.69) is 11.8 Å². The molecule has 0 aliphatic carbocycles. The van der Waals surface area contributed by atoms with Crippen molar-refractivity contribution in [2.45, 2.75) is 58.0 Å². The van der Waals surface area contributed by atoms with Gasteiger partial charge in [0.2, 0.25) is 5.91 Å². The van der Waals surface area contributed by atoms with Gasteiger partial charge in [-0.2, -0.15) is 0 Å². The molecular weight excluding hydrogens is 312 g/mol. The van der Waals surface area contributed by atoms with Crippen LogP contribution in [0, 0.1) is 0 Å². The second-order valence-electron chi connectivity index (χ2n) is 6.20. The Hall–Kier alpha value is -1.26. The molecule has 128 valence electrons. The zero-order chi connectivity index (χ0) is 16.7. The van der Waals surface area contributed by atoms with Crippen LogP contribution < -0.4 is 10.5 Å². The Labute approximate surface area is 143 Å². The highest BCUT2D eigenvalue weighted by Crippen LogP contribution is 2.28. The van der Waals surface area contributed by atoms with Crippen LogP contribution in [-0.4, -0.2) is 30.0 Å². The number of hydrogen-bond acceptors (Lipinski definition) is 3. The van der Waals surface area contributed by atoms with E-state index < -0.39 is 0 Å². The Morgan fingerprint density at radius 3 is 2.91 bits per heavy atom. The van der Waals surface area contributed by atoms with Crippen LogP contribution in [0.25, 0.3) is 0 Å². The van der Waals surface area contributed by atoms with Crippen molar-refractivity contribution in [1.29, 1.82) is 0 Å². The third-order valence-electron chi connectivity index (χ3n) is 4.33. The molecule has 0 aromatic heterocycles. The first-order chi connectivity index (χ1) is 11.1. The summed E-state index contributed by atoms with van der Waals surface area (Å²) < 4.78 is 5.75. The molecule has 1 aliphatic rings. The lowest BCUT2D eigenvalue weighted by Crippen LogP contribution is -2.39. The van der Waals surface area contributed by atoms with Crippen LogP contribution in [0.1, 0.15) is 51.0 Å². The van der Waals surface area contributed by atoms with Crippen LogP contribution in [0.15, 0.2) is 18.2 Å². The van der Waals surface area contributed by atoms with E-state index >= 15 is 0 Å². The van der Waals surface area contributed by atoms with Gasteiger partial charge < -0.3 is 10.5 Å². The SMILES string of the molecule is CCCCCCOc1ccc(CN2CCCC2C(N)=O)cc1Cl. The summed E-state index contributed by atoms with van der Waals surface area (Å²) in [5.74, 6) is 0.500. The van der Waals surface area contributed by atoms with Gasteiger partial charge in [0.1, 0.15) is 5.75 Å². The number of benzene rings is 1. The molecule has 4 nitrogen and oxygen atoms in total. The van der Waals surface area contributed by atoms with Gasteiger partial charge in [-0.25, -0.2) is 0 Å². The number of rotatable bonds is 9. The number of carbonyl (C=O) groups excluding carboxylic acids is 1. The highest BCUT2D eigenvalue weighted by atomic mass is 35.5. The van der Waals surface area contributed by atoms with E-state index in [0.717, 1.165) is 37.1 Å². The van der Waals surface area contributed by atoms with Crippen molar-refractivity contribution in [2.24, 2.45) is 5.73 Å². The van der Waals surface area contributed by atoms with Crippen LogP contribution >= 0.6 is 11.6 Å². The van der Waals surface area contributed by atoms with Crippen LogP contribution in [0.3, 0.4) is 0 Å². The molecule has 0 saturated carbocycles. The van der Waals surface area contributed by atoms with Crippen LogP contribution in [-0.2, 0) is 11.3 Å². The zero-order valence-electron chi connectivity index (χ0n) is 13.9. The van der Waals surface area contributed by atoms with Crippen LogP contribution in [0.5, 0.6) is 5.75 Å². The number of halogens is 1. The summed E-state index contributed by atoms with van der Waals surface area (Å²) in [5.41, 5.74) is 6.54. The van der Waals surface area contributed by atoms with Gasteiger partial charge in [0.15, 0.2) is 0 Å². The highest BCUT2D eigenvalue weighted by molar-refractivity contribution is 6.32. The summed E-state index contributed by atoms with van der Waals surface area (Å²) in [7, 11) is 0. The van der Waals surface area contributed by atoms with E-state index in [1.165, 1.54) is 19.3 Å². The number of primary amides is 1. The van der Waals surface area contributed by atoms with Gasteiger partial charge in [-0.05, 0) is 43.5 Å². The van der Waals surface area contributed by atoms with Crippen molar-refractivity contribution in [3.63, 3.8) is 0 Å². The second-order valence-corrected chi connectivity index (χ2v) is 6.61. The first-order valence-corrected chi connectivity index (χ1v) is 8.94. The lowest BCUT2D eigenvalue weighted by atomic mass is 10.1. The normalized spacial score (nSPS) is 18.3. The fraction of sp³-hybridized carbons (Fsp3) is 0.611. The minimum atomic E-state index is -0.236. The molecule has 1 saturated heterocycles. The molecule has 0 radical (unpaired) electrons. The van der Waals surface area contributed by atoms with Crippen molar-refractivity contribution in [3.8, 4) is 5.75 Å². The molecule has 1 amide bonds. The molecule has 1 aromatic rings. The molecule has 1 atom stereocenters. The van der Waals surface area contributed by atoms with E-state index in [1.807, 2.05) is 18.2 Å². The van der Waals surface area contributed by atoms with Crippen molar-refractivity contribution in [1.82, 2.24) is 4.90 Å². The Kier molecular flexibility index (Phi) is 7.18. The molecule has 2 rings (SSSR count). The number of carbonyl (C=O) groups is 1. The smallest absolute Gasteiger partial charge is 0.234 e. The van der Waals surface area contributed by atoms with E-state index in [9.17, 15) is 4.79 Å². The summed E-state index contributed by atoms with van der Waals surface area (Å²) in [6.45, 7) is 4.50. The predicted octanol–water partition coefficient (Wildman–Crippen LogP) is 3.75. The zero-order valence-corrected chi connectivity index (χ0v) is 14.6. The van der Waals surface area contributed by atoms with Crippen LogP contribution in [0.2, 0.25) is 5.02 Å². The molecule has 1 fully saturated rings. The molecule has 23 heavy (non-hydrogen) atoms. The third-order valence-corrected chi connectivity index (χ3v) is 4.62. The number of likely N-dealkylation sites (tertiary alicyclic amines) is 1. The predicted molar refractivity (Wildman–Crippen MR) is 93.7 cm³/mol. The van der Waals surface area contributed by atoms with Gasteiger partial charge >= 0.3 is 0 Å². The van der Waals surface area contributed by atoms with Gasteiger partial charge in [-0.3, -0.25) is 9.69 Å². The van der Waals surface area contributed by atoms with Crippen molar-refractivity contribution in [3.05, 3.63) is 28.8 Å². The second kappa shape index (κ2) is 9.14. The van der Waals surface area contributed by atoms with Crippen molar-refractivity contribution < 1.29 is 9.53 Å². The molecular formula is C18H27ClN2O2. The molecule has 5 heteroatoms. The average molecular weight is 339 g/mol. The number of hydrogen-bond donors (Lipinski definition) is 1. The topological polar surface area (TPSA) is 55.6 Å². The number of nitrogens with zero attached hydrogens (tertiary/aromatic N) is 1. The van der Waals surface area contributed by atoms with E-state index in [4.69, 9.17) is 22.1 Å². The standard InChI is InChI=1S/C18H27ClN2O2/c1-2-3-4-5-11-23-17-9-8-14(12-15(17)19)13-21-10-6-7-16(21)18(20)22/h8-9,12,16H,2-7,10-11,13H2,1H3,(H2,20,22). The third kappa shape index (κ3) is 5.40. The lowest BCUT2D eigenvalue weighted by Gasteiger charge is -2.22. The summed E-state index contributed by atoms with van der Waals surface area (Å²) in [5, 5.41) is 0.632. The van der Waals surface area contributed by atoms with E-state index in [-0.39, 0.29) is 11.9 Å². The molecule has 1 aromatic carbocycles. The first kappa shape index (κ1) is 18.1. The summed E-state index contributed by atoms with van der Waals surface area (Å²) in [6, 6.07) is 5.72. The lowest BCUT2D eigenvalue weighted by molar-refractivity contribution is -0.122. The molecule has 0 bridgehead atoms. The summed E-state index contributed by atoms with van der Waals surface area (Å²) in [4.78, 5) is 13.6. The summed E-state index contributed by atoms with van der Waals surface area (Å²) in [6.07, 6.45) is 6.57. The maximum absolute atomic E-state index is 11.5. The Balaban J connectivity index is 1.87. The maximum Gasteiger partial charge on any atom is 0.234 e.